The van der Waals surface area contributed by atoms with E-state index >= 15 is 0 Å². The third-order valence-corrected chi connectivity index (χ3v) is 3.97. The van der Waals surface area contributed by atoms with Crippen LogP contribution < -0.4 is 11.1 Å². The Kier molecular flexibility index (Phi) is 4.07. The van der Waals surface area contributed by atoms with Gasteiger partial charge in [-0.1, -0.05) is 35.1 Å². The molecule has 1 heterocycles. The molecule has 6 heteroatoms. The summed E-state index contributed by atoms with van der Waals surface area (Å²) in [6.45, 7) is 3.69. The second-order valence-corrected chi connectivity index (χ2v) is 5.68. The first-order valence-electron chi connectivity index (χ1n) is 5.76. The summed E-state index contributed by atoms with van der Waals surface area (Å²) in [7, 11) is 0. The smallest absolute Gasteiger partial charge is 0.263 e. The average molecular weight is 296 g/mol. The van der Waals surface area contributed by atoms with Gasteiger partial charge in [0.1, 0.15) is 4.88 Å². The molecule has 1 aromatic carbocycles. The maximum Gasteiger partial charge on any atom is 0.263 e. The second kappa shape index (κ2) is 5.59. The Morgan fingerprint density at radius 2 is 2.05 bits per heavy atom. The minimum atomic E-state index is -0.158. The van der Waals surface area contributed by atoms with Gasteiger partial charge in [-0.2, -0.15) is 0 Å². The fourth-order valence-electron chi connectivity index (χ4n) is 1.72. The van der Waals surface area contributed by atoms with Gasteiger partial charge in [-0.15, -0.1) is 0 Å². The second-order valence-electron chi connectivity index (χ2n) is 4.21. The minimum Gasteiger partial charge on any atom is -0.375 e. The summed E-state index contributed by atoms with van der Waals surface area (Å²) in [4.78, 5) is 16.7. The van der Waals surface area contributed by atoms with Crippen molar-refractivity contribution in [3.05, 3.63) is 45.4 Å². The molecule has 19 heavy (non-hydrogen) atoms. The summed E-state index contributed by atoms with van der Waals surface area (Å²) in [5, 5.41) is 4.00. The number of rotatable bonds is 3. The van der Waals surface area contributed by atoms with E-state index in [4.69, 9.17) is 17.3 Å². The molecule has 0 aliphatic heterocycles. The number of hydrogen-bond acceptors (Lipinski definition) is 4. The Morgan fingerprint density at radius 1 is 1.42 bits per heavy atom. The molecule has 0 bridgehead atoms. The quantitative estimate of drug-likeness (QED) is 0.914. The highest BCUT2D eigenvalue weighted by Crippen LogP contribution is 2.21. The number of nitrogens with zero attached hydrogens (tertiary/aromatic N) is 1. The van der Waals surface area contributed by atoms with Gasteiger partial charge in [0, 0.05) is 5.02 Å². The van der Waals surface area contributed by atoms with Crippen molar-refractivity contribution < 1.29 is 4.79 Å². The maximum absolute atomic E-state index is 12.1. The molecular weight excluding hydrogens is 282 g/mol. The van der Waals surface area contributed by atoms with Crippen molar-refractivity contribution in [2.24, 2.45) is 0 Å². The fourth-order valence-corrected chi connectivity index (χ4v) is 2.59. The van der Waals surface area contributed by atoms with Crippen LogP contribution in [0.4, 0.5) is 5.13 Å². The number of nitrogen functional groups attached to an aromatic ring is 1. The Labute approximate surface area is 120 Å². The predicted molar refractivity (Wildman–Crippen MR) is 78.6 cm³/mol. The lowest BCUT2D eigenvalue weighted by Crippen LogP contribution is -2.26. The van der Waals surface area contributed by atoms with Gasteiger partial charge in [0.25, 0.3) is 5.91 Å². The van der Waals surface area contributed by atoms with Gasteiger partial charge < -0.3 is 11.1 Å². The van der Waals surface area contributed by atoms with E-state index in [0.29, 0.717) is 20.7 Å². The first-order valence-corrected chi connectivity index (χ1v) is 6.96. The molecule has 0 radical (unpaired) electrons. The number of aryl methyl sites for hydroxylation is 1. The van der Waals surface area contributed by atoms with Crippen LogP contribution in [0.15, 0.2) is 24.3 Å². The number of nitrogens with two attached hydrogens (primary N) is 1. The van der Waals surface area contributed by atoms with Gasteiger partial charge in [0.15, 0.2) is 5.13 Å². The number of benzene rings is 1. The third-order valence-electron chi connectivity index (χ3n) is 2.74. The van der Waals surface area contributed by atoms with Crippen molar-refractivity contribution in [3.8, 4) is 0 Å². The normalized spacial score (nSPS) is 12.2. The van der Waals surface area contributed by atoms with Crippen LogP contribution >= 0.6 is 22.9 Å². The van der Waals surface area contributed by atoms with Gasteiger partial charge in [0.2, 0.25) is 0 Å². The first-order chi connectivity index (χ1) is 8.97. The zero-order valence-electron chi connectivity index (χ0n) is 10.6. The van der Waals surface area contributed by atoms with Crippen molar-refractivity contribution in [1.82, 2.24) is 10.3 Å². The lowest BCUT2D eigenvalue weighted by Gasteiger charge is -2.13. The molecule has 1 amide bonds. The van der Waals surface area contributed by atoms with Gasteiger partial charge >= 0.3 is 0 Å². The highest BCUT2D eigenvalue weighted by atomic mass is 35.5. The Morgan fingerprint density at radius 3 is 2.58 bits per heavy atom. The SMILES string of the molecule is Cc1nc(N)sc1C(=O)N[C@H](C)c1ccc(Cl)cc1. The van der Waals surface area contributed by atoms with Crippen molar-refractivity contribution in [1.29, 1.82) is 0 Å². The molecule has 0 unspecified atom stereocenters. The van der Waals surface area contributed by atoms with E-state index in [-0.39, 0.29) is 11.9 Å². The monoisotopic (exact) mass is 295 g/mol. The number of nitrogens with one attached hydrogen (secondary N) is 1. The van der Waals surface area contributed by atoms with E-state index < -0.39 is 0 Å². The van der Waals surface area contributed by atoms with Crippen LogP contribution in [0.3, 0.4) is 0 Å². The first kappa shape index (κ1) is 13.8. The highest BCUT2D eigenvalue weighted by molar-refractivity contribution is 7.17. The zero-order chi connectivity index (χ0) is 14.0. The van der Waals surface area contributed by atoms with Crippen LogP contribution in [0.25, 0.3) is 0 Å². The molecule has 0 saturated heterocycles. The van der Waals surface area contributed by atoms with Crippen LogP contribution in [0.5, 0.6) is 0 Å². The summed E-state index contributed by atoms with van der Waals surface area (Å²) in [6, 6.07) is 7.28. The number of anilines is 1. The summed E-state index contributed by atoms with van der Waals surface area (Å²) < 4.78 is 0. The molecule has 0 fully saturated rings. The Balaban J connectivity index is 2.10. The largest absolute Gasteiger partial charge is 0.375 e. The topological polar surface area (TPSA) is 68.0 Å². The molecule has 0 aliphatic rings. The molecule has 1 atom stereocenters. The van der Waals surface area contributed by atoms with Gasteiger partial charge in [-0.25, -0.2) is 4.98 Å². The predicted octanol–water partition coefficient (Wildman–Crippen LogP) is 3.18. The van der Waals surface area contributed by atoms with Crippen LogP contribution in [-0.2, 0) is 0 Å². The molecule has 3 N–H and O–H groups in total. The average Bonchev–Trinajstić information content (AvgIpc) is 2.69. The van der Waals surface area contributed by atoms with E-state index in [1.807, 2.05) is 19.1 Å². The van der Waals surface area contributed by atoms with E-state index in [1.165, 1.54) is 11.3 Å². The number of halogens is 1. The number of aromatic nitrogens is 1. The number of carbonyl (C=O) groups excluding carboxylic acids is 1. The van der Waals surface area contributed by atoms with Crippen LogP contribution in [-0.4, -0.2) is 10.9 Å². The third kappa shape index (κ3) is 3.24. The van der Waals surface area contributed by atoms with Crippen molar-refractivity contribution >= 4 is 34.0 Å². The van der Waals surface area contributed by atoms with Crippen LogP contribution in [0.1, 0.15) is 33.9 Å². The van der Waals surface area contributed by atoms with Crippen molar-refractivity contribution in [3.63, 3.8) is 0 Å². The molecule has 0 spiro atoms. The van der Waals surface area contributed by atoms with Gasteiger partial charge in [-0.05, 0) is 31.5 Å². The summed E-state index contributed by atoms with van der Waals surface area (Å²) in [6.07, 6.45) is 0. The van der Waals surface area contributed by atoms with E-state index in [1.54, 1.807) is 19.1 Å². The molecule has 2 aromatic rings. The number of amides is 1. The summed E-state index contributed by atoms with van der Waals surface area (Å²) in [5.41, 5.74) is 7.24. The van der Waals surface area contributed by atoms with E-state index in [9.17, 15) is 4.79 Å². The number of thiazole rings is 1. The van der Waals surface area contributed by atoms with Crippen LogP contribution in [0.2, 0.25) is 5.02 Å². The number of carbonyl (C=O) groups is 1. The molecule has 0 saturated carbocycles. The molecule has 2 rings (SSSR count). The fraction of sp³-hybridized carbons (Fsp3) is 0.231. The maximum atomic E-state index is 12.1. The molecular formula is C13H14ClN3OS. The summed E-state index contributed by atoms with van der Waals surface area (Å²) in [5.74, 6) is -0.158. The lowest BCUT2D eigenvalue weighted by atomic mass is 10.1. The van der Waals surface area contributed by atoms with Crippen molar-refractivity contribution in [2.75, 3.05) is 5.73 Å². The standard InChI is InChI=1S/C13H14ClN3OS/c1-7(9-3-5-10(14)6-4-9)16-12(18)11-8(2)17-13(15)19-11/h3-7H,1-2H3,(H2,15,17)(H,16,18)/t7-/m1/s1. The van der Waals surface area contributed by atoms with Crippen LogP contribution in [0, 0.1) is 6.92 Å². The lowest BCUT2D eigenvalue weighted by molar-refractivity contribution is 0.0943. The molecule has 4 nitrogen and oxygen atoms in total. The number of hydrogen-bond donors (Lipinski definition) is 2. The van der Waals surface area contributed by atoms with Crippen molar-refractivity contribution in [2.45, 2.75) is 19.9 Å². The zero-order valence-corrected chi connectivity index (χ0v) is 12.2. The molecule has 0 aliphatic carbocycles. The Hall–Kier alpha value is -1.59. The summed E-state index contributed by atoms with van der Waals surface area (Å²) >= 11 is 7.03. The minimum absolute atomic E-state index is 0.104. The Bertz CT molecular complexity index is 594. The highest BCUT2D eigenvalue weighted by Gasteiger charge is 2.16. The van der Waals surface area contributed by atoms with E-state index in [2.05, 4.69) is 10.3 Å². The van der Waals surface area contributed by atoms with E-state index in [0.717, 1.165) is 5.56 Å². The van der Waals surface area contributed by atoms with Gasteiger partial charge in [-0.3, -0.25) is 4.79 Å². The van der Waals surface area contributed by atoms with Gasteiger partial charge in [0.05, 0.1) is 11.7 Å². The molecule has 1 aromatic heterocycles. The molecule has 100 valence electrons.